The molecule has 2 aromatic carbocycles. The second-order valence-electron chi connectivity index (χ2n) is 5.96. The molecule has 0 amide bonds. The Bertz CT molecular complexity index is 949. The van der Waals surface area contributed by atoms with E-state index in [2.05, 4.69) is 22.1 Å². The Morgan fingerprint density at radius 2 is 1.73 bits per heavy atom. The van der Waals surface area contributed by atoms with Gasteiger partial charge in [0, 0.05) is 18.0 Å². The number of nitrogens with zero attached hydrogens (tertiary/aromatic N) is 4. The molecule has 7 heteroatoms. The van der Waals surface area contributed by atoms with Gasteiger partial charge in [0.05, 0.1) is 4.92 Å². The van der Waals surface area contributed by atoms with E-state index in [0.29, 0.717) is 23.9 Å². The van der Waals surface area contributed by atoms with Gasteiger partial charge in [0.15, 0.2) is 5.03 Å². The molecule has 26 heavy (non-hydrogen) atoms. The second kappa shape index (κ2) is 7.13. The molecule has 0 atom stereocenters. The molecule has 0 bridgehead atoms. The molecule has 0 N–H and O–H groups in total. The van der Waals surface area contributed by atoms with Gasteiger partial charge in [0.2, 0.25) is 5.82 Å². The van der Waals surface area contributed by atoms with Crippen molar-refractivity contribution < 1.29 is 4.92 Å². The predicted molar refractivity (Wildman–Crippen MR) is 100 cm³/mol. The molecule has 1 aliphatic heterocycles. The van der Waals surface area contributed by atoms with E-state index in [1.165, 1.54) is 29.2 Å². The van der Waals surface area contributed by atoms with Crippen LogP contribution in [0.25, 0.3) is 0 Å². The van der Waals surface area contributed by atoms with Crippen LogP contribution in [0.2, 0.25) is 0 Å². The number of aromatic nitrogens is 2. The molecule has 1 aromatic heterocycles. The lowest BCUT2D eigenvalue weighted by Crippen LogP contribution is -2.31. The fraction of sp³-hybridized carbons (Fsp3) is 0.158. The molecular formula is C19H16N4O2S. The van der Waals surface area contributed by atoms with Gasteiger partial charge in [0.25, 0.3) is 0 Å². The molecule has 0 radical (unpaired) electrons. The SMILES string of the molecule is O=[N+]([O-])c1c(Sc2ccccc2)ncnc1N1CCc2ccccc2C1. The highest BCUT2D eigenvalue weighted by Gasteiger charge is 2.29. The summed E-state index contributed by atoms with van der Waals surface area (Å²) in [5.74, 6) is 0.387. The fourth-order valence-corrected chi connectivity index (χ4v) is 3.98. The Balaban J connectivity index is 1.71. The lowest BCUT2D eigenvalue weighted by molar-refractivity contribution is -0.387. The van der Waals surface area contributed by atoms with Crippen LogP contribution in [0.5, 0.6) is 0 Å². The van der Waals surface area contributed by atoms with Gasteiger partial charge in [-0.15, -0.1) is 0 Å². The monoisotopic (exact) mass is 364 g/mol. The summed E-state index contributed by atoms with van der Waals surface area (Å²) in [5.41, 5.74) is 2.45. The van der Waals surface area contributed by atoms with Crippen molar-refractivity contribution in [3.63, 3.8) is 0 Å². The average molecular weight is 364 g/mol. The maximum Gasteiger partial charge on any atom is 0.343 e. The molecule has 4 rings (SSSR count). The average Bonchev–Trinajstić information content (AvgIpc) is 2.68. The van der Waals surface area contributed by atoms with E-state index in [1.807, 2.05) is 47.4 Å². The number of hydrogen-bond acceptors (Lipinski definition) is 6. The van der Waals surface area contributed by atoms with Gasteiger partial charge < -0.3 is 4.90 Å². The third kappa shape index (κ3) is 3.25. The minimum absolute atomic E-state index is 0.0271. The highest BCUT2D eigenvalue weighted by Crippen LogP contribution is 2.39. The zero-order valence-corrected chi connectivity index (χ0v) is 14.7. The van der Waals surface area contributed by atoms with E-state index in [9.17, 15) is 10.1 Å². The number of nitro groups is 1. The van der Waals surface area contributed by atoms with E-state index in [-0.39, 0.29) is 10.6 Å². The van der Waals surface area contributed by atoms with Crippen molar-refractivity contribution in [1.29, 1.82) is 0 Å². The molecule has 6 nitrogen and oxygen atoms in total. The highest BCUT2D eigenvalue weighted by atomic mass is 32.2. The van der Waals surface area contributed by atoms with Crippen LogP contribution < -0.4 is 4.90 Å². The van der Waals surface area contributed by atoms with Crippen LogP contribution in [0.15, 0.2) is 70.8 Å². The molecule has 130 valence electrons. The van der Waals surface area contributed by atoms with E-state index in [0.717, 1.165) is 11.3 Å². The van der Waals surface area contributed by atoms with Crippen LogP contribution in [-0.2, 0) is 13.0 Å². The van der Waals surface area contributed by atoms with Gasteiger partial charge >= 0.3 is 5.69 Å². The molecule has 0 aliphatic carbocycles. The van der Waals surface area contributed by atoms with Crippen molar-refractivity contribution >= 4 is 23.3 Å². The normalized spacial score (nSPS) is 13.3. The first-order valence-electron chi connectivity index (χ1n) is 8.26. The van der Waals surface area contributed by atoms with Crippen LogP contribution >= 0.6 is 11.8 Å². The molecule has 0 saturated heterocycles. The van der Waals surface area contributed by atoms with Crippen molar-refractivity contribution in [1.82, 2.24) is 9.97 Å². The topological polar surface area (TPSA) is 72.2 Å². The molecule has 0 spiro atoms. The number of hydrogen-bond donors (Lipinski definition) is 0. The third-order valence-electron chi connectivity index (χ3n) is 4.34. The summed E-state index contributed by atoms with van der Waals surface area (Å²) in [6.45, 7) is 1.31. The first-order chi connectivity index (χ1) is 12.7. The van der Waals surface area contributed by atoms with Crippen LogP contribution in [0.3, 0.4) is 0 Å². The predicted octanol–water partition coefficient (Wildman–Crippen LogP) is 4.10. The van der Waals surface area contributed by atoms with Crippen LogP contribution in [-0.4, -0.2) is 21.4 Å². The summed E-state index contributed by atoms with van der Waals surface area (Å²) < 4.78 is 0. The quantitative estimate of drug-likeness (QED) is 0.394. The van der Waals surface area contributed by atoms with E-state index < -0.39 is 0 Å². The standard InChI is InChI=1S/C19H16N4O2S/c24-23(25)17-18(22-11-10-14-6-4-5-7-15(14)12-22)20-13-21-19(17)26-16-8-2-1-3-9-16/h1-9,13H,10-12H2. The summed E-state index contributed by atoms with van der Waals surface area (Å²) in [6, 6.07) is 17.7. The van der Waals surface area contributed by atoms with Crippen LogP contribution in [0, 0.1) is 10.1 Å². The molecule has 0 fully saturated rings. The molecule has 3 aromatic rings. The van der Waals surface area contributed by atoms with Crippen molar-refractivity contribution in [2.45, 2.75) is 22.9 Å². The Kier molecular flexibility index (Phi) is 4.53. The van der Waals surface area contributed by atoms with E-state index in [4.69, 9.17) is 0 Å². The number of rotatable bonds is 4. The van der Waals surface area contributed by atoms with Gasteiger partial charge in [0.1, 0.15) is 6.33 Å². The highest BCUT2D eigenvalue weighted by molar-refractivity contribution is 7.99. The van der Waals surface area contributed by atoms with Gasteiger partial charge in [-0.1, -0.05) is 54.2 Å². The maximum atomic E-state index is 11.8. The first-order valence-corrected chi connectivity index (χ1v) is 9.08. The van der Waals surface area contributed by atoms with Crippen LogP contribution in [0.4, 0.5) is 11.5 Å². The maximum absolute atomic E-state index is 11.8. The van der Waals surface area contributed by atoms with Crippen molar-refractivity contribution in [3.8, 4) is 0 Å². The zero-order chi connectivity index (χ0) is 17.9. The summed E-state index contributed by atoms with van der Waals surface area (Å²) in [7, 11) is 0. The summed E-state index contributed by atoms with van der Waals surface area (Å²) in [5, 5.41) is 12.2. The summed E-state index contributed by atoms with van der Waals surface area (Å²) in [4.78, 5) is 22.7. The van der Waals surface area contributed by atoms with Gasteiger partial charge in [-0.2, -0.15) is 0 Å². The van der Waals surface area contributed by atoms with Gasteiger partial charge in [-0.3, -0.25) is 10.1 Å². The lowest BCUT2D eigenvalue weighted by Gasteiger charge is -2.29. The Morgan fingerprint density at radius 3 is 2.50 bits per heavy atom. The Hall–Kier alpha value is -2.93. The van der Waals surface area contributed by atoms with E-state index >= 15 is 0 Å². The van der Waals surface area contributed by atoms with Crippen LogP contribution in [0.1, 0.15) is 11.1 Å². The number of benzene rings is 2. The number of anilines is 1. The van der Waals surface area contributed by atoms with Crippen molar-refractivity contribution in [2.24, 2.45) is 0 Å². The van der Waals surface area contributed by atoms with Gasteiger partial charge in [-0.05, 0) is 29.7 Å². The fourth-order valence-electron chi connectivity index (χ4n) is 3.10. The smallest absolute Gasteiger partial charge is 0.343 e. The minimum Gasteiger partial charge on any atom is -0.346 e. The summed E-state index contributed by atoms with van der Waals surface area (Å²) in [6.07, 6.45) is 2.26. The Labute approximate surface area is 155 Å². The lowest BCUT2D eigenvalue weighted by atomic mass is 10.00. The van der Waals surface area contributed by atoms with Crippen molar-refractivity contribution in [3.05, 3.63) is 82.2 Å². The minimum atomic E-state index is -0.374. The van der Waals surface area contributed by atoms with Crippen molar-refractivity contribution in [2.75, 3.05) is 11.4 Å². The molecule has 1 aliphatic rings. The van der Waals surface area contributed by atoms with E-state index in [1.54, 1.807) is 0 Å². The summed E-state index contributed by atoms with van der Waals surface area (Å²) >= 11 is 1.29. The molecular weight excluding hydrogens is 348 g/mol. The Morgan fingerprint density at radius 1 is 1.00 bits per heavy atom. The largest absolute Gasteiger partial charge is 0.346 e. The molecule has 0 unspecified atom stereocenters. The molecule has 0 saturated carbocycles. The third-order valence-corrected chi connectivity index (χ3v) is 5.34. The first kappa shape index (κ1) is 16.5. The van der Waals surface area contributed by atoms with Gasteiger partial charge in [-0.25, -0.2) is 9.97 Å². The molecule has 2 heterocycles. The zero-order valence-electron chi connectivity index (χ0n) is 13.9. The second-order valence-corrected chi connectivity index (χ2v) is 7.03. The number of fused-ring (bicyclic) bond motifs is 1.